The molecule has 0 unspecified atom stereocenters. The number of hydrogen-bond acceptors (Lipinski definition) is 6. The number of nitrogens with zero attached hydrogens (tertiary/aromatic N) is 6. The van der Waals surface area contributed by atoms with Gasteiger partial charge < -0.3 is 9.80 Å². The van der Waals surface area contributed by atoms with Crippen LogP contribution in [0.2, 0.25) is 0 Å². The lowest BCUT2D eigenvalue weighted by Crippen LogP contribution is -2.46. The Labute approximate surface area is 195 Å². The first-order chi connectivity index (χ1) is 16.5. The van der Waals surface area contributed by atoms with Gasteiger partial charge in [0, 0.05) is 74.0 Å². The Morgan fingerprint density at radius 2 is 1.88 bits per heavy atom. The number of hydrogen-bond donors (Lipinski definition) is 0. The van der Waals surface area contributed by atoms with E-state index in [4.69, 9.17) is 1.37 Å². The van der Waals surface area contributed by atoms with E-state index >= 15 is 0 Å². The van der Waals surface area contributed by atoms with E-state index in [1.807, 2.05) is 49.8 Å². The number of Topliss-reactive ketones (excluding diaryl/α,β-unsaturated/α-hetero) is 1. The number of pyridine rings is 2. The molecule has 0 atom stereocenters. The Kier molecular flexibility index (Phi) is 5.54. The average molecular weight is 442 g/mol. The summed E-state index contributed by atoms with van der Waals surface area (Å²) < 4.78 is 10.1. The highest BCUT2D eigenvalue weighted by Crippen LogP contribution is 2.25. The number of benzene rings is 1. The summed E-state index contributed by atoms with van der Waals surface area (Å²) in [5.74, 6) is 0.820. The number of anilines is 1. The van der Waals surface area contributed by atoms with Gasteiger partial charge in [-0.2, -0.15) is 5.10 Å². The summed E-state index contributed by atoms with van der Waals surface area (Å²) in [4.78, 5) is 26.7. The quantitative estimate of drug-likeness (QED) is 0.426. The Balaban J connectivity index is 1.37. The Morgan fingerprint density at radius 1 is 1.03 bits per heavy atom. The standard InChI is InChI=1S/C26H28N6O/c1-3-31-8-10-32(11-9-31)26-14-20(6-7-27-26)25(33)15-24-13-22-12-19(4-5-21(22)16-28-24)23-17-29-30(2)18-23/h4-7,12-14,16-18H,3,8-11,15H2,1-2H3/i16D. The van der Waals surface area contributed by atoms with Crippen LogP contribution in [-0.4, -0.2) is 63.2 Å². The summed E-state index contributed by atoms with van der Waals surface area (Å²) in [5, 5.41) is 5.90. The van der Waals surface area contributed by atoms with Crippen LogP contribution in [-0.2, 0) is 13.5 Å². The predicted octanol–water partition coefficient (Wildman–Crippen LogP) is 3.60. The molecule has 7 nitrogen and oxygen atoms in total. The fourth-order valence-electron chi connectivity index (χ4n) is 4.29. The first kappa shape index (κ1) is 20.1. The molecule has 5 rings (SSSR count). The largest absolute Gasteiger partial charge is 0.354 e. The van der Waals surface area contributed by atoms with E-state index in [1.54, 1.807) is 16.9 Å². The van der Waals surface area contributed by atoms with Gasteiger partial charge in [-0.15, -0.1) is 0 Å². The molecule has 1 saturated heterocycles. The maximum Gasteiger partial charge on any atom is 0.169 e. The second-order valence-electron chi connectivity index (χ2n) is 8.49. The number of carbonyl (C=O) groups excluding carboxylic acids is 1. The Bertz CT molecular complexity index is 1340. The molecule has 0 radical (unpaired) electrons. The number of likely N-dealkylation sites (N-methyl/N-ethyl adjacent to an activating group) is 1. The van der Waals surface area contributed by atoms with Gasteiger partial charge in [-0.05, 0) is 41.8 Å². The van der Waals surface area contributed by atoms with Crippen LogP contribution >= 0.6 is 0 Å². The molecular formula is C26H28N6O. The van der Waals surface area contributed by atoms with Crippen molar-refractivity contribution in [1.29, 1.82) is 0 Å². The zero-order valence-electron chi connectivity index (χ0n) is 20.0. The minimum atomic E-state index is -0.0227. The number of aromatic nitrogens is 4. The summed E-state index contributed by atoms with van der Waals surface area (Å²) in [6.07, 6.45) is 5.81. The lowest BCUT2D eigenvalue weighted by Gasteiger charge is -2.34. The second-order valence-corrected chi connectivity index (χ2v) is 8.49. The molecule has 1 aromatic carbocycles. The highest BCUT2D eigenvalue weighted by Gasteiger charge is 2.18. The molecule has 1 aliphatic heterocycles. The lowest BCUT2D eigenvalue weighted by molar-refractivity contribution is 0.0992. The minimum Gasteiger partial charge on any atom is -0.354 e. The summed E-state index contributed by atoms with van der Waals surface area (Å²) in [5.41, 5.74) is 3.25. The smallest absolute Gasteiger partial charge is 0.169 e. The third-order valence-corrected chi connectivity index (χ3v) is 6.28. The number of rotatable bonds is 6. The second kappa shape index (κ2) is 9.11. The van der Waals surface area contributed by atoms with E-state index < -0.39 is 0 Å². The first-order valence-electron chi connectivity index (χ1n) is 11.9. The molecule has 1 aliphatic rings. The van der Waals surface area contributed by atoms with Gasteiger partial charge in [0.05, 0.1) is 14.0 Å². The van der Waals surface area contributed by atoms with Crippen molar-refractivity contribution in [3.63, 3.8) is 0 Å². The first-order valence-corrected chi connectivity index (χ1v) is 11.4. The number of piperazine rings is 1. The molecule has 33 heavy (non-hydrogen) atoms. The predicted molar refractivity (Wildman–Crippen MR) is 131 cm³/mol. The molecule has 1 fully saturated rings. The summed E-state index contributed by atoms with van der Waals surface area (Å²) in [7, 11) is 1.88. The van der Waals surface area contributed by atoms with Crippen LogP contribution in [0.4, 0.5) is 5.82 Å². The van der Waals surface area contributed by atoms with E-state index in [0.717, 1.165) is 60.4 Å². The van der Waals surface area contributed by atoms with Crippen molar-refractivity contribution < 1.29 is 6.17 Å². The van der Waals surface area contributed by atoms with Crippen LogP contribution in [0.5, 0.6) is 0 Å². The molecule has 0 aliphatic carbocycles. The number of carbonyl (C=O) groups is 1. The van der Waals surface area contributed by atoms with Crippen molar-refractivity contribution >= 4 is 22.4 Å². The van der Waals surface area contributed by atoms with E-state index in [2.05, 4.69) is 31.8 Å². The van der Waals surface area contributed by atoms with Crippen molar-refractivity contribution in [3.8, 4) is 11.1 Å². The zero-order chi connectivity index (χ0) is 23.7. The summed E-state index contributed by atoms with van der Waals surface area (Å²) in [6.45, 7) is 7.06. The van der Waals surface area contributed by atoms with Gasteiger partial charge in [0.25, 0.3) is 0 Å². The monoisotopic (exact) mass is 441 g/mol. The number of fused-ring (bicyclic) bond motifs is 1. The third kappa shape index (κ3) is 4.64. The third-order valence-electron chi connectivity index (χ3n) is 6.28. The number of ketones is 1. The topological polar surface area (TPSA) is 67.2 Å². The fourth-order valence-corrected chi connectivity index (χ4v) is 4.29. The molecule has 4 heterocycles. The summed E-state index contributed by atoms with van der Waals surface area (Å²) in [6, 6.07) is 11.5. The van der Waals surface area contributed by atoms with Gasteiger partial charge in [0.15, 0.2) is 5.78 Å². The molecule has 7 heteroatoms. The van der Waals surface area contributed by atoms with E-state index in [-0.39, 0.29) is 18.4 Å². The van der Waals surface area contributed by atoms with E-state index in [0.29, 0.717) is 11.3 Å². The van der Waals surface area contributed by atoms with Crippen molar-refractivity contribution in [3.05, 3.63) is 72.4 Å². The van der Waals surface area contributed by atoms with Gasteiger partial charge in [-0.25, -0.2) is 4.98 Å². The lowest BCUT2D eigenvalue weighted by atomic mass is 10.0. The molecule has 0 saturated carbocycles. The van der Waals surface area contributed by atoms with Crippen molar-refractivity contribution in [1.82, 2.24) is 24.6 Å². The molecule has 3 aromatic heterocycles. The summed E-state index contributed by atoms with van der Waals surface area (Å²) >= 11 is 0. The highest BCUT2D eigenvalue weighted by molar-refractivity contribution is 5.98. The van der Waals surface area contributed by atoms with Crippen molar-refractivity contribution in [2.24, 2.45) is 7.05 Å². The van der Waals surface area contributed by atoms with Gasteiger partial charge in [0.2, 0.25) is 0 Å². The number of aryl methyl sites for hydroxylation is 1. The van der Waals surface area contributed by atoms with Crippen LogP contribution in [0.15, 0.2) is 61.2 Å². The molecule has 4 aromatic rings. The van der Waals surface area contributed by atoms with Crippen LogP contribution in [0, 0.1) is 0 Å². The molecule has 0 spiro atoms. The normalized spacial score (nSPS) is 15.1. The van der Waals surface area contributed by atoms with Crippen LogP contribution < -0.4 is 4.90 Å². The maximum atomic E-state index is 13.1. The van der Waals surface area contributed by atoms with Crippen molar-refractivity contribution in [2.45, 2.75) is 13.3 Å². The highest BCUT2D eigenvalue weighted by atomic mass is 16.1. The molecule has 0 amide bonds. The van der Waals surface area contributed by atoms with Crippen LogP contribution in [0.25, 0.3) is 21.9 Å². The maximum absolute atomic E-state index is 13.1. The van der Waals surface area contributed by atoms with Gasteiger partial charge in [-0.3, -0.25) is 14.5 Å². The molecule has 0 N–H and O–H groups in total. The molecule has 168 valence electrons. The Morgan fingerprint density at radius 3 is 2.64 bits per heavy atom. The van der Waals surface area contributed by atoms with Crippen LogP contribution in [0.3, 0.4) is 0 Å². The van der Waals surface area contributed by atoms with Gasteiger partial charge in [0.1, 0.15) is 5.82 Å². The fraction of sp³-hybridized carbons (Fsp3) is 0.308. The Hall–Kier alpha value is -3.58. The molecular weight excluding hydrogens is 412 g/mol. The van der Waals surface area contributed by atoms with Crippen molar-refractivity contribution in [2.75, 3.05) is 37.6 Å². The minimum absolute atomic E-state index is 0.0227. The zero-order valence-corrected chi connectivity index (χ0v) is 19.0. The van der Waals surface area contributed by atoms with Gasteiger partial charge in [-0.1, -0.05) is 19.1 Å². The molecule has 0 bridgehead atoms. The van der Waals surface area contributed by atoms with E-state index in [9.17, 15) is 4.79 Å². The average Bonchev–Trinajstić information content (AvgIpc) is 3.30. The SMILES string of the molecule is [2H]c1nc(CC(=O)c2ccnc(N3CCN(CC)CC3)c2)cc2cc(-c3cnn(C)c3)ccc12. The van der Waals surface area contributed by atoms with E-state index in [1.165, 1.54) is 0 Å². The van der Waals surface area contributed by atoms with Gasteiger partial charge >= 0.3 is 0 Å². The van der Waals surface area contributed by atoms with Crippen LogP contribution in [0.1, 0.15) is 24.3 Å².